The molecule has 2 rings (SSSR count). The number of carbonyl (C=O) groups excluding carboxylic acids is 2. The summed E-state index contributed by atoms with van der Waals surface area (Å²) < 4.78 is 25.1. The summed E-state index contributed by atoms with van der Waals surface area (Å²) in [5.74, 6) is -3.85. The zero-order valence-electron chi connectivity index (χ0n) is 10.9. The molecule has 2 N–H and O–H groups in total. The molecule has 1 fully saturated rings. The van der Waals surface area contributed by atoms with E-state index in [2.05, 4.69) is 10.6 Å². The van der Waals surface area contributed by atoms with Crippen LogP contribution in [0, 0.1) is 17.6 Å². The summed E-state index contributed by atoms with van der Waals surface area (Å²) in [6.07, 6.45) is 0.278. The van der Waals surface area contributed by atoms with E-state index in [1.54, 1.807) is 0 Å². The highest BCUT2D eigenvalue weighted by Crippen LogP contribution is 2.53. The van der Waals surface area contributed by atoms with Gasteiger partial charge in [0.15, 0.2) is 11.6 Å². The molecule has 0 aliphatic heterocycles. The third-order valence-electron chi connectivity index (χ3n) is 3.21. The molecule has 4 nitrogen and oxygen atoms in total. The molecule has 1 saturated carbocycles. The van der Waals surface area contributed by atoms with Gasteiger partial charge in [0.1, 0.15) is 10.4 Å². The lowest BCUT2D eigenvalue weighted by Crippen LogP contribution is -2.40. The van der Waals surface area contributed by atoms with E-state index in [0.29, 0.717) is 0 Å². The summed E-state index contributed by atoms with van der Waals surface area (Å²) in [7, 11) is 1.37. The van der Waals surface area contributed by atoms with Gasteiger partial charge in [-0.15, -0.1) is 23.2 Å². The number of hydrogen-bond donors (Lipinski definition) is 2. The normalized spacial score (nSPS) is 20.5. The maximum Gasteiger partial charge on any atom is 0.246 e. The molecule has 114 valence electrons. The fourth-order valence-electron chi connectivity index (χ4n) is 1.88. The summed E-state index contributed by atoms with van der Waals surface area (Å²) in [6.45, 7) is 0. The van der Waals surface area contributed by atoms with Gasteiger partial charge >= 0.3 is 0 Å². The van der Waals surface area contributed by atoms with Gasteiger partial charge in [-0.3, -0.25) is 9.59 Å². The Morgan fingerprint density at radius 1 is 1.33 bits per heavy atom. The van der Waals surface area contributed by atoms with E-state index < -0.39 is 39.7 Å². The minimum Gasteiger partial charge on any atom is -0.357 e. The molecule has 1 aromatic carbocycles. The van der Waals surface area contributed by atoms with Gasteiger partial charge in [0.2, 0.25) is 11.8 Å². The average Bonchev–Trinajstić information content (AvgIpc) is 3.07. The smallest absolute Gasteiger partial charge is 0.246 e. The van der Waals surface area contributed by atoms with Gasteiger partial charge in [0.25, 0.3) is 0 Å². The monoisotopic (exact) mass is 336 g/mol. The van der Waals surface area contributed by atoms with Crippen LogP contribution < -0.4 is 10.6 Å². The third kappa shape index (κ3) is 3.44. The second kappa shape index (κ2) is 5.77. The van der Waals surface area contributed by atoms with Crippen molar-refractivity contribution in [3.8, 4) is 0 Å². The molecule has 0 saturated heterocycles. The second-order valence-corrected chi connectivity index (χ2v) is 6.29. The van der Waals surface area contributed by atoms with E-state index in [1.165, 1.54) is 13.1 Å². The number of likely N-dealkylation sites (N-methyl/N-ethyl adjacent to an activating group) is 1. The van der Waals surface area contributed by atoms with Gasteiger partial charge in [-0.05, 0) is 24.1 Å². The largest absolute Gasteiger partial charge is 0.357 e. The first kappa shape index (κ1) is 16.0. The molecule has 0 heterocycles. The molecule has 2 atom stereocenters. The molecule has 2 amide bonds. The van der Waals surface area contributed by atoms with Crippen molar-refractivity contribution in [1.82, 2.24) is 10.6 Å². The first-order chi connectivity index (χ1) is 9.76. The van der Waals surface area contributed by atoms with Crippen LogP contribution in [0.1, 0.15) is 18.0 Å². The Balaban J connectivity index is 2.20. The van der Waals surface area contributed by atoms with Crippen LogP contribution in [0.15, 0.2) is 18.2 Å². The van der Waals surface area contributed by atoms with E-state index in [1.807, 2.05) is 0 Å². The lowest BCUT2D eigenvalue weighted by Gasteiger charge is -2.18. The topological polar surface area (TPSA) is 58.2 Å². The highest BCUT2D eigenvalue weighted by Gasteiger charge is 2.56. The first-order valence-corrected chi connectivity index (χ1v) is 6.86. The molecule has 8 heteroatoms. The maximum absolute atomic E-state index is 13.3. The summed E-state index contributed by atoms with van der Waals surface area (Å²) in [6, 6.07) is 1.82. The Morgan fingerprint density at radius 2 is 1.95 bits per heavy atom. The standard InChI is InChI=1S/C13H12Cl2F2N2O2/c1-18-12(21)10(6-2-3-8(16)9(17)4-6)19-11(20)7-5-13(7,14)15/h2-4,7,10H,5H2,1H3,(H,18,21)(H,19,20). The van der Waals surface area contributed by atoms with Gasteiger partial charge in [-0.25, -0.2) is 8.78 Å². The van der Waals surface area contributed by atoms with Gasteiger partial charge in [0.05, 0.1) is 5.92 Å². The molecule has 0 aromatic heterocycles. The summed E-state index contributed by atoms with van der Waals surface area (Å²) in [5, 5.41) is 4.79. The molecule has 21 heavy (non-hydrogen) atoms. The van der Waals surface area contributed by atoms with E-state index in [-0.39, 0.29) is 12.0 Å². The lowest BCUT2D eigenvalue weighted by atomic mass is 10.1. The SMILES string of the molecule is CNC(=O)C(NC(=O)C1CC1(Cl)Cl)c1ccc(F)c(F)c1. The van der Waals surface area contributed by atoms with Crippen molar-refractivity contribution < 1.29 is 18.4 Å². The quantitative estimate of drug-likeness (QED) is 0.827. The third-order valence-corrected chi connectivity index (χ3v) is 4.05. The van der Waals surface area contributed by atoms with Crippen molar-refractivity contribution in [2.75, 3.05) is 7.05 Å². The molecule has 1 aliphatic rings. The van der Waals surface area contributed by atoms with Gasteiger partial charge in [-0.2, -0.15) is 0 Å². The highest BCUT2D eigenvalue weighted by molar-refractivity contribution is 6.52. The zero-order chi connectivity index (χ0) is 15.8. The van der Waals surface area contributed by atoms with E-state index in [0.717, 1.165) is 12.1 Å². The summed E-state index contributed by atoms with van der Waals surface area (Å²) in [5.41, 5.74) is 0.122. The number of hydrogen-bond acceptors (Lipinski definition) is 2. The van der Waals surface area contributed by atoms with Crippen LogP contribution in [0.25, 0.3) is 0 Å². The summed E-state index contributed by atoms with van der Waals surface area (Å²) in [4.78, 5) is 23.8. The van der Waals surface area contributed by atoms with Crippen molar-refractivity contribution in [1.29, 1.82) is 0 Å². The lowest BCUT2D eigenvalue weighted by molar-refractivity contribution is -0.129. The van der Waals surface area contributed by atoms with Crippen LogP contribution in [0.3, 0.4) is 0 Å². The number of alkyl halides is 2. The molecule has 0 spiro atoms. The van der Waals surface area contributed by atoms with Crippen LogP contribution in [-0.4, -0.2) is 23.2 Å². The zero-order valence-corrected chi connectivity index (χ0v) is 12.4. The molecule has 2 unspecified atom stereocenters. The molecule has 1 aliphatic carbocycles. The van der Waals surface area contributed by atoms with E-state index in [4.69, 9.17) is 23.2 Å². The molecule has 0 bridgehead atoms. The van der Waals surface area contributed by atoms with Crippen molar-refractivity contribution in [2.45, 2.75) is 16.8 Å². The number of nitrogens with one attached hydrogen (secondary N) is 2. The van der Waals surface area contributed by atoms with Crippen LogP contribution in [0.5, 0.6) is 0 Å². The van der Waals surface area contributed by atoms with E-state index >= 15 is 0 Å². The average molecular weight is 337 g/mol. The minimum atomic E-state index is -1.15. The molecular formula is C13H12Cl2F2N2O2. The fraction of sp³-hybridized carbons (Fsp3) is 0.385. The minimum absolute atomic E-state index is 0.122. The Labute approximate surface area is 129 Å². The number of carbonyl (C=O) groups is 2. The number of benzene rings is 1. The van der Waals surface area contributed by atoms with Crippen molar-refractivity contribution in [3.05, 3.63) is 35.4 Å². The van der Waals surface area contributed by atoms with Crippen LogP contribution >= 0.6 is 23.2 Å². The summed E-state index contributed by atoms with van der Waals surface area (Å²) >= 11 is 11.6. The van der Waals surface area contributed by atoms with Gasteiger partial charge < -0.3 is 10.6 Å². The van der Waals surface area contributed by atoms with Gasteiger partial charge in [0, 0.05) is 7.05 Å². The van der Waals surface area contributed by atoms with Crippen LogP contribution in [0.4, 0.5) is 8.78 Å². The van der Waals surface area contributed by atoms with Crippen LogP contribution in [-0.2, 0) is 9.59 Å². The van der Waals surface area contributed by atoms with Crippen LogP contribution in [0.2, 0.25) is 0 Å². The Hall–Kier alpha value is -1.40. The van der Waals surface area contributed by atoms with E-state index in [9.17, 15) is 18.4 Å². The predicted octanol–water partition coefficient (Wildman–Crippen LogP) is 2.06. The van der Waals surface area contributed by atoms with Gasteiger partial charge in [-0.1, -0.05) is 6.07 Å². The number of rotatable bonds is 4. The van der Waals surface area contributed by atoms with Crippen molar-refractivity contribution >= 4 is 35.0 Å². The predicted molar refractivity (Wildman–Crippen MR) is 73.9 cm³/mol. The van der Waals surface area contributed by atoms with Crippen molar-refractivity contribution in [2.24, 2.45) is 5.92 Å². The molecule has 0 radical (unpaired) electrons. The maximum atomic E-state index is 13.3. The molecule has 1 aromatic rings. The highest BCUT2D eigenvalue weighted by atomic mass is 35.5. The van der Waals surface area contributed by atoms with Crippen molar-refractivity contribution in [3.63, 3.8) is 0 Å². The number of amides is 2. The Bertz CT molecular complexity index is 596. The second-order valence-electron chi connectivity index (χ2n) is 4.75. The number of halogens is 4. The first-order valence-electron chi connectivity index (χ1n) is 6.11. The Kier molecular flexibility index (Phi) is 4.39. The fourth-order valence-corrected chi connectivity index (χ4v) is 2.38. The molecular weight excluding hydrogens is 325 g/mol. The Morgan fingerprint density at radius 3 is 2.43 bits per heavy atom.